The zero-order valence-electron chi connectivity index (χ0n) is 22.0. The lowest BCUT2D eigenvalue weighted by Gasteiger charge is -2.42. The lowest BCUT2D eigenvalue weighted by atomic mass is 10.0. The van der Waals surface area contributed by atoms with Crippen LogP contribution in [0.2, 0.25) is 0 Å². The molecule has 37 heavy (non-hydrogen) atoms. The first-order valence-electron chi connectivity index (χ1n) is 12.9. The highest BCUT2D eigenvalue weighted by molar-refractivity contribution is 5.95. The van der Waals surface area contributed by atoms with Gasteiger partial charge in [0.05, 0.1) is 0 Å². The molecule has 1 aliphatic rings. The van der Waals surface area contributed by atoms with Crippen molar-refractivity contribution in [1.29, 1.82) is 0 Å². The molecule has 0 saturated carbocycles. The van der Waals surface area contributed by atoms with Gasteiger partial charge in [0.2, 0.25) is 0 Å². The standard InChI is InChI=1S/C30H37N3O4/c1-20(2)27(19-32-14-15-33(22(4)18-32)24-6-5-7-25(34)17-24)31-30(36)23-10-13-29(28(35)16-23)37-26-11-8-21(3)9-12-26/h5-13,16-17,20,22,27,34-35H,14-15,18-19H2,1-4H3,(H,31,36)/t22-,27+/m0/s1. The van der Waals surface area contributed by atoms with Gasteiger partial charge >= 0.3 is 0 Å². The maximum absolute atomic E-state index is 13.1. The van der Waals surface area contributed by atoms with Crippen molar-refractivity contribution in [3.8, 4) is 23.0 Å². The van der Waals surface area contributed by atoms with Gasteiger partial charge < -0.3 is 25.2 Å². The van der Waals surface area contributed by atoms with Gasteiger partial charge in [0, 0.05) is 55.6 Å². The first kappa shape index (κ1) is 26.4. The van der Waals surface area contributed by atoms with E-state index in [9.17, 15) is 15.0 Å². The van der Waals surface area contributed by atoms with Crippen molar-refractivity contribution in [1.82, 2.24) is 10.2 Å². The number of amides is 1. The molecular formula is C30H37N3O4. The second-order valence-electron chi connectivity index (χ2n) is 10.2. The second kappa shape index (κ2) is 11.6. The lowest BCUT2D eigenvalue weighted by molar-refractivity contribution is 0.0902. The molecule has 7 heteroatoms. The van der Waals surface area contributed by atoms with Crippen molar-refractivity contribution in [2.75, 3.05) is 31.1 Å². The van der Waals surface area contributed by atoms with Gasteiger partial charge in [0.1, 0.15) is 11.5 Å². The van der Waals surface area contributed by atoms with Crippen molar-refractivity contribution < 1.29 is 19.7 Å². The SMILES string of the molecule is Cc1ccc(Oc2ccc(C(=O)N[C@H](CN3CCN(c4cccc(O)c4)[C@@H](C)C3)C(C)C)cc2O)cc1. The van der Waals surface area contributed by atoms with E-state index in [-0.39, 0.29) is 35.4 Å². The Balaban J connectivity index is 1.36. The minimum atomic E-state index is -0.220. The fourth-order valence-corrected chi connectivity index (χ4v) is 4.69. The topological polar surface area (TPSA) is 85.3 Å². The number of nitrogens with zero attached hydrogens (tertiary/aromatic N) is 2. The van der Waals surface area contributed by atoms with Gasteiger partial charge in [-0.2, -0.15) is 0 Å². The van der Waals surface area contributed by atoms with Crippen molar-refractivity contribution in [3.05, 3.63) is 77.9 Å². The van der Waals surface area contributed by atoms with Gasteiger partial charge in [0.15, 0.2) is 11.5 Å². The Labute approximate surface area is 219 Å². The number of anilines is 1. The van der Waals surface area contributed by atoms with Crippen molar-refractivity contribution in [2.45, 2.75) is 39.8 Å². The summed E-state index contributed by atoms with van der Waals surface area (Å²) < 4.78 is 5.77. The van der Waals surface area contributed by atoms with Crippen LogP contribution in [0.1, 0.15) is 36.7 Å². The van der Waals surface area contributed by atoms with Crippen LogP contribution in [-0.4, -0.2) is 59.3 Å². The molecule has 1 aliphatic heterocycles. The predicted octanol–water partition coefficient (Wildman–Crippen LogP) is 5.16. The Morgan fingerprint density at radius 3 is 2.46 bits per heavy atom. The highest BCUT2D eigenvalue weighted by Gasteiger charge is 2.27. The molecule has 4 rings (SSSR count). The van der Waals surface area contributed by atoms with Crippen LogP contribution in [0.25, 0.3) is 0 Å². The Kier molecular flexibility index (Phi) is 8.24. The van der Waals surface area contributed by atoms with Gasteiger partial charge in [-0.25, -0.2) is 0 Å². The molecule has 1 saturated heterocycles. The van der Waals surface area contributed by atoms with E-state index in [4.69, 9.17) is 4.74 Å². The van der Waals surface area contributed by atoms with Crippen LogP contribution in [0.5, 0.6) is 23.0 Å². The molecule has 3 aromatic carbocycles. The summed E-state index contributed by atoms with van der Waals surface area (Å²) in [6.07, 6.45) is 0. The summed E-state index contributed by atoms with van der Waals surface area (Å²) in [5, 5.41) is 23.5. The van der Waals surface area contributed by atoms with Crippen molar-refractivity contribution in [2.24, 2.45) is 5.92 Å². The smallest absolute Gasteiger partial charge is 0.251 e. The molecular weight excluding hydrogens is 466 g/mol. The number of phenolic OH excluding ortho intramolecular Hbond substituents is 2. The molecule has 0 bridgehead atoms. The van der Waals surface area contributed by atoms with Crippen LogP contribution < -0.4 is 15.0 Å². The molecule has 2 atom stereocenters. The molecule has 1 fully saturated rings. The second-order valence-corrected chi connectivity index (χ2v) is 10.2. The number of carbonyl (C=O) groups excluding carboxylic acids is 1. The van der Waals surface area contributed by atoms with Gasteiger partial charge in [-0.05, 0) is 62.2 Å². The number of aromatic hydroxyl groups is 2. The minimum absolute atomic E-state index is 0.0438. The number of carbonyl (C=O) groups is 1. The fraction of sp³-hybridized carbons (Fsp3) is 0.367. The average Bonchev–Trinajstić information content (AvgIpc) is 2.86. The van der Waals surface area contributed by atoms with Gasteiger partial charge in [0.25, 0.3) is 5.91 Å². The molecule has 0 radical (unpaired) electrons. The number of rotatable bonds is 8. The third-order valence-corrected chi connectivity index (χ3v) is 6.92. The van der Waals surface area contributed by atoms with E-state index < -0.39 is 0 Å². The van der Waals surface area contributed by atoms with Crippen LogP contribution in [0.4, 0.5) is 5.69 Å². The number of phenols is 2. The third-order valence-electron chi connectivity index (χ3n) is 6.92. The summed E-state index contributed by atoms with van der Waals surface area (Å²) in [4.78, 5) is 17.8. The zero-order chi connectivity index (χ0) is 26.5. The van der Waals surface area contributed by atoms with Gasteiger partial charge in [-0.15, -0.1) is 0 Å². The van der Waals surface area contributed by atoms with Crippen molar-refractivity contribution in [3.63, 3.8) is 0 Å². The number of hydrogen-bond donors (Lipinski definition) is 3. The summed E-state index contributed by atoms with van der Waals surface area (Å²) in [5.74, 6) is 1.14. The van der Waals surface area contributed by atoms with E-state index in [0.29, 0.717) is 17.1 Å². The number of aryl methyl sites for hydroxylation is 1. The molecule has 1 amide bonds. The number of benzene rings is 3. The van der Waals surface area contributed by atoms with E-state index in [1.165, 1.54) is 6.07 Å². The maximum atomic E-state index is 13.1. The zero-order valence-corrected chi connectivity index (χ0v) is 22.0. The molecule has 0 unspecified atom stereocenters. The first-order chi connectivity index (χ1) is 17.7. The predicted molar refractivity (Wildman–Crippen MR) is 147 cm³/mol. The van der Waals surface area contributed by atoms with Crippen LogP contribution in [-0.2, 0) is 0 Å². The van der Waals surface area contributed by atoms with Crippen LogP contribution in [0.3, 0.4) is 0 Å². The molecule has 0 aromatic heterocycles. The van der Waals surface area contributed by atoms with Gasteiger partial charge in [-0.3, -0.25) is 9.69 Å². The lowest BCUT2D eigenvalue weighted by Crippen LogP contribution is -2.56. The number of ether oxygens (including phenoxy) is 1. The molecule has 0 spiro atoms. The van der Waals surface area contributed by atoms with Crippen molar-refractivity contribution >= 4 is 11.6 Å². The van der Waals surface area contributed by atoms with E-state index in [1.54, 1.807) is 24.3 Å². The molecule has 1 heterocycles. The Hall–Kier alpha value is -3.71. The van der Waals surface area contributed by atoms with E-state index in [1.807, 2.05) is 43.3 Å². The summed E-state index contributed by atoms with van der Waals surface area (Å²) >= 11 is 0. The van der Waals surface area contributed by atoms with Gasteiger partial charge in [-0.1, -0.05) is 37.6 Å². The maximum Gasteiger partial charge on any atom is 0.251 e. The largest absolute Gasteiger partial charge is 0.508 e. The fourth-order valence-electron chi connectivity index (χ4n) is 4.69. The molecule has 3 N–H and O–H groups in total. The average molecular weight is 504 g/mol. The quantitative estimate of drug-likeness (QED) is 0.394. The van der Waals surface area contributed by atoms with Crippen LogP contribution >= 0.6 is 0 Å². The number of hydrogen-bond acceptors (Lipinski definition) is 6. The summed E-state index contributed by atoms with van der Waals surface area (Å²) in [7, 11) is 0. The van der Waals surface area contributed by atoms with E-state index in [0.717, 1.165) is 37.4 Å². The Bertz CT molecular complexity index is 1210. The normalized spacial score (nSPS) is 17.0. The first-order valence-corrected chi connectivity index (χ1v) is 12.9. The third kappa shape index (κ3) is 6.74. The number of piperazine rings is 1. The van der Waals surface area contributed by atoms with E-state index in [2.05, 4.69) is 35.9 Å². The molecule has 3 aromatic rings. The molecule has 7 nitrogen and oxygen atoms in total. The molecule has 0 aliphatic carbocycles. The summed E-state index contributed by atoms with van der Waals surface area (Å²) in [5.41, 5.74) is 2.54. The highest BCUT2D eigenvalue weighted by atomic mass is 16.5. The highest BCUT2D eigenvalue weighted by Crippen LogP contribution is 2.31. The van der Waals surface area contributed by atoms with Crippen LogP contribution in [0.15, 0.2) is 66.7 Å². The summed E-state index contributed by atoms with van der Waals surface area (Å²) in [6, 6.07) is 19.9. The minimum Gasteiger partial charge on any atom is -0.508 e. The van der Waals surface area contributed by atoms with E-state index >= 15 is 0 Å². The molecule has 196 valence electrons. The summed E-state index contributed by atoms with van der Waals surface area (Å²) in [6.45, 7) is 11.7. The Morgan fingerprint density at radius 1 is 1.05 bits per heavy atom. The monoisotopic (exact) mass is 503 g/mol. The van der Waals surface area contributed by atoms with Crippen LogP contribution in [0, 0.1) is 12.8 Å². The number of nitrogens with one attached hydrogen (secondary N) is 1. The Morgan fingerprint density at radius 2 is 1.81 bits per heavy atom.